The van der Waals surface area contributed by atoms with Crippen molar-refractivity contribution in [3.05, 3.63) is 59.4 Å². The Labute approximate surface area is 142 Å². The fourth-order valence-corrected chi connectivity index (χ4v) is 5.68. The molecule has 2 aliphatic heterocycles. The maximum Gasteiger partial charge on any atom is 0.243 e. The van der Waals surface area contributed by atoms with Gasteiger partial charge in [0, 0.05) is 18.9 Å². The number of fused-ring (bicyclic) bond motifs is 1. The predicted octanol–water partition coefficient (Wildman–Crippen LogP) is 2.88. The quantitative estimate of drug-likeness (QED) is 0.859. The van der Waals surface area contributed by atoms with E-state index in [-0.39, 0.29) is 11.5 Å². The minimum atomic E-state index is -3.53. The van der Waals surface area contributed by atoms with E-state index >= 15 is 0 Å². The zero-order chi connectivity index (χ0) is 16.9. The number of nitrogens with zero attached hydrogens (tertiary/aromatic N) is 2. The minimum Gasteiger partial charge on any atom is -0.372 e. The Morgan fingerprint density at radius 2 is 1.83 bits per heavy atom. The molecule has 6 heteroatoms. The molecule has 1 unspecified atom stereocenters. The lowest BCUT2D eigenvalue weighted by molar-refractivity contribution is 0.0197. The third-order valence-corrected chi connectivity index (χ3v) is 6.72. The molecule has 0 saturated carbocycles. The second kappa shape index (κ2) is 5.37. The highest BCUT2D eigenvalue weighted by atomic mass is 32.2. The zero-order valence-corrected chi connectivity index (χ0v) is 14.6. The lowest BCUT2D eigenvalue weighted by atomic mass is 9.74. The van der Waals surface area contributed by atoms with Gasteiger partial charge in [0.05, 0.1) is 24.2 Å². The Hall–Kier alpha value is -1.76. The molecule has 0 amide bonds. The third kappa shape index (κ3) is 2.37. The van der Waals surface area contributed by atoms with Gasteiger partial charge in [0.1, 0.15) is 0 Å². The lowest BCUT2D eigenvalue weighted by Gasteiger charge is -2.53. The summed E-state index contributed by atoms with van der Waals surface area (Å²) in [5, 5.41) is 0. The molecule has 5 nitrogen and oxygen atoms in total. The smallest absolute Gasteiger partial charge is 0.243 e. The van der Waals surface area contributed by atoms with Crippen molar-refractivity contribution >= 4 is 10.0 Å². The maximum atomic E-state index is 13.2. The molecule has 1 saturated heterocycles. The van der Waals surface area contributed by atoms with E-state index in [1.165, 1.54) is 0 Å². The van der Waals surface area contributed by atoms with Crippen molar-refractivity contribution in [1.82, 2.24) is 9.29 Å². The van der Waals surface area contributed by atoms with Crippen molar-refractivity contribution in [2.45, 2.75) is 38.0 Å². The van der Waals surface area contributed by atoms with Gasteiger partial charge in [0.15, 0.2) is 0 Å². The number of ether oxygens (including phenoxy) is 1. The molecule has 4 rings (SSSR count). The molecule has 0 bridgehead atoms. The zero-order valence-electron chi connectivity index (χ0n) is 13.8. The number of hydrogen-bond acceptors (Lipinski definition) is 4. The van der Waals surface area contributed by atoms with Gasteiger partial charge in [-0.3, -0.25) is 4.98 Å². The number of hydrogen-bond donors (Lipinski definition) is 0. The van der Waals surface area contributed by atoms with E-state index in [1.54, 1.807) is 28.8 Å². The molecule has 2 aromatic rings. The van der Waals surface area contributed by atoms with Crippen molar-refractivity contribution in [3.8, 4) is 0 Å². The summed E-state index contributed by atoms with van der Waals surface area (Å²) in [5.74, 6) is 0. The molecule has 0 N–H and O–H groups in total. The average molecular weight is 344 g/mol. The fourth-order valence-electron chi connectivity index (χ4n) is 3.69. The van der Waals surface area contributed by atoms with Crippen molar-refractivity contribution in [3.63, 3.8) is 0 Å². The summed E-state index contributed by atoms with van der Waals surface area (Å²) in [7, 11) is -3.53. The van der Waals surface area contributed by atoms with Crippen LogP contribution in [0.15, 0.2) is 47.6 Å². The Kier molecular flexibility index (Phi) is 3.53. The van der Waals surface area contributed by atoms with E-state index in [2.05, 4.69) is 18.8 Å². The van der Waals surface area contributed by atoms with Crippen LogP contribution in [0.5, 0.6) is 0 Å². The second-order valence-electron chi connectivity index (χ2n) is 7.15. The Balaban J connectivity index is 1.72. The van der Waals surface area contributed by atoms with Crippen LogP contribution in [0.3, 0.4) is 0 Å². The largest absolute Gasteiger partial charge is 0.372 e. The van der Waals surface area contributed by atoms with Gasteiger partial charge in [0.25, 0.3) is 0 Å². The number of pyridine rings is 1. The monoisotopic (exact) mass is 344 g/mol. The van der Waals surface area contributed by atoms with E-state index in [0.717, 1.165) is 16.7 Å². The molecule has 0 radical (unpaired) electrons. The van der Waals surface area contributed by atoms with Gasteiger partial charge in [-0.2, -0.15) is 4.31 Å². The molecule has 2 aliphatic rings. The predicted molar refractivity (Wildman–Crippen MR) is 89.6 cm³/mol. The van der Waals surface area contributed by atoms with Crippen LogP contribution in [0.2, 0.25) is 0 Å². The van der Waals surface area contributed by atoms with Gasteiger partial charge in [0.2, 0.25) is 10.0 Å². The lowest BCUT2D eigenvalue weighted by Crippen LogP contribution is -2.57. The topological polar surface area (TPSA) is 59.5 Å². The molecule has 24 heavy (non-hydrogen) atoms. The van der Waals surface area contributed by atoms with Crippen LogP contribution in [-0.4, -0.2) is 24.3 Å². The molecular formula is C18H20N2O3S. The van der Waals surface area contributed by atoms with E-state index in [1.807, 2.05) is 18.2 Å². The first-order valence-corrected chi connectivity index (χ1v) is 9.45. The first-order chi connectivity index (χ1) is 11.4. The summed E-state index contributed by atoms with van der Waals surface area (Å²) in [4.78, 5) is 4.39. The molecule has 0 spiro atoms. The number of benzene rings is 1. The molecule has 1 aromatic carbocycles. The highest BCUT2D eigenvalue weighted by molar-refractivity contribution is 7.89. The van der Waals surface area contributed by atoms with Crippen LogP contribution in [0.1, 0.15) is 36.6 Å². The number of sulfonamides is 1. The van der Waals surface area contributed by atoms with E-state index in [0.29, 0.717) is 24.7 Å². The third-order valence-electron chi connectivity index (χ3n) is 4.91. The molecule has 126 valence electrons. The van der Waals surface area contributed by atoms with Crippen LogP contribution < -0.4 is 0 Å². The SMILES string of the molecule is CC1(C)CN(S(=O)(=O)c2ccc3c(c2)COC3)C1c1ccncc1. The first-order valence-electron chi connectivity index (χ1n) is 8.01. The van der Waals surface area contributed by atoms with Crippen LogP contribution in [0.25, 0.3) is 0 Å². The van der Waals surface area contributed by atoms with Crippen LogP contribution >= 0.6 is 0 Å². The summed E-state index contributed by atoms with van der Waals surface area (Å²) in [6.45, 7) is 5.75. The molecule has 1 aromatic heterocycles. The van der Waals surface area contributed by atoms with Gasteiger partial charge < -0.3 is 4.74 Å². The molecular weight excluding hydrogens is 324 g/mol. The van der Waals surface area contributed by atoms with Crippen molar-refractivity contribution in [1.29, 1.82) is 0 Å². The summed E-state index contributed by atoms with van der Waals surface area (Å²) in [6.07, 6.45) is 3.42. The number of aromatic nitrogens is 1. The molecule has 3 heterocycles. The summed E-state index contributed by atoms with van der Waals surface area (Å²) >= 11 is 0. The van der Waals surface area contributed by atoms with Gasteiger partial charge in [-0.25, -0.2) is 8.42 Å². The van der Waals surface area contributed by atoms with Crippen molar-refractivity contribution in [2.24, 2.45) is 5.41 Å². The van der Waals surface area contributed by atoms with E-state index < -0.39 is 10.0 Å². The van der Waals surface area contributed by atoms with Crippen molar-refractivity contribution < 1.29 is 13.2 Å². The van der Waals surface area contributed by atoms with E-state index in [4.69, 9.17) is 4.74 Å². The van der Waals surface area contributed by atoms with Gasteiger partial charge >= 0.3 is 0 Å². The van der Waals surface area contributed by atoms with Crippen LogP contribution in [0, 0.1) is 5.41 Å². The average Bonchev–Trinajstić information content (AvgIpc) is 3.01. The molecule has 0 aliphatic carbocycles. The Bertz CT molecular complexity index is 878. The standard InChI is InChI=1S/C18H20N2O3S/c1-18(2)12-20(17(18)13-5-7-19-8-6-13)24(21,22)16-4-3-14-10-23-11-15(14)9-16/h3-9,17H,10-12H2,1-2H3. The normalized spacial score (nSPS) is 22.8. The van der Waals surface area contributed by atoms with E-state index in [9.17, 15) is 8.42 Å². The Morgan fingerprint density at radius 3 is 2.54 bits per heavy atom. The summed E-state index contributed by atoms with van der Waals surface area (Å²) < 4.78 is 33.3. The summed E-state index contributed by atoms with van der Waals surface area (Å²) in [6, 6.07) is 8.93. The maximum absolute atomic E-state index is 13.2. The molecule has 1 atom stereocenters. The second-order valence-corrected chi connectivity index (χ2v) is 9.04. The Morgan fingerprint density at radius 1 is 1.12 bits per heavy atom. The van der Waals surface area contributed by atoms with Crippen LogP contribution in [-0.2, 0) is 28.0 Å². The van der Waals surface area contributed by atoms with Gasteiger partial charge in [-0.05, 0) is 46.4 Å². The number of rotatable bonds is 3. The molecule has 1 fully saturated rings. The highest BCUT2D eigenvalue weighted by Crippen LogP contribution is 2.50. The van der Waals surface area contributed by atoms with Crippen molar-refractivity contribution in [2.75, 3.05) is 6.54 Å². The minimum absolute atomic E-state index is 0.103. The first kappa shape index (κ1) is 15.7. The summed E-state index contributed by atoms with van der Waals surface area (Å²) in [5.41, 5.74) is 2.92. The van der Waals surface area contributed by atoms with Gasteiger partial charge in [-0.1, -0.05) is 19.9 Å². The highest BCUT2D eigenvalue weighted by Gasteiger charge is 2.52. The van der Waals surface area contributed by atoms with Gasteiger partial charge in [-0.15, -0.1) is 0 Å². The van der Waals surface area contributed by atoms with Crippen LogP contribution in [0.4, 0.5) is 0 Å². The fraction of sp³-hybridized carbons (Fsp3) is 0.389.